The third-order valence-corrected chi connectivity index (χ3v) is 3.09. The molecule has 2 aromatic rings. The molecule has 0 aliphatic carbocycles. The lowest BCUT2D eigenvalue weighted by molar-refractivity contribution is 0.408. The molecule has 1 aromatic carbocycles. The summed E-state index contributed by atoms with van der Waals surface area (Å²) in [6.45, 7) is 4.89. The van der Waals surface area contributed by atoms with Gasteiger partial charge in [-0.15, -0.1) is 0 Å². The van der Waals surface area contributed by atoms with Crippen LogP contribution in [0.5, 0.6) is 5.75 Å². The van der Waals surface area contributed by atoms with Crippen LogP contribution in [-0.2, 0) is 6.54 Å². The monoisotopic (exact) mass is 244 g/mol. The summed E-state index contributed by atoms with van der Waals surface area (Å²) >= 11 is 0. The molecule has 2 rings (SSSR count). The molecule has 0 fully saturated rings. The molecular formula is C15H20N2O. The largest absolute Gasteiger partial charge is 0.496 e. The fourth-order valence-electron chi connectivity index (χ4n) is 2.05. The number of aryl methyl sites for hydroxylation is 1. The molecule has 0 saturated carbocycles. The molecular weight excluding hydrogens is 224 g/mol. The van der Waals surface area contributed by atoms with Crippen LogP contribution in [0.1, 0.15) is 29.7 Å². The number of nitrogens with zero attached hydrogens (tertiary/aromatic N) is 1. The van der Waals surface area contributed by atoms with E-state index in [-0.39, 0.29) is 6.04 Å². The maximum atomic E-state index is 5.86. The molecule has 0 radical (unpaired) electrons. The first-order valence-electron chi connectivity index (χ1n) is 6.15. The average Bonchev–Trinajstić information content (AvgIpc) is 2.78. The Bertz CT molecular complexity index is 529. The molecule has 0 saturated heterocycles. The third kappa shape index (κ3) is 2.74. The minimum Gasteiger partial charge on any atom is -0.496 e. The van der Waals surface area contributed by atoms with Crippen LogP contribution in [0.2, 0.25) is 0 Å². The standard InChI is InChI=1S/C15H20N2O/c1-11-4-5-15(18-3)14(8-11)10-17-7-6-13(9-17)12(2)16/h4-9,12H,10,16H2,1-3H3. The van der Waals surface area contributed by atoms with Gasteiger partial charge in [0.05, 0.1) is 13.7 Å². The summed E-state index contributed by atoms with van der Waals surface area (Å²) in [5, 5.41) is 0. The maximum absolute atomic E-state index is 5.86. The molecule has 1 aromatic heterocycles. The number of ether oxygens (including phenoxy) is 1. The van der Waals surface area contributed by atoms with Gasteiger partial charge in [0.2, 0.25) is 0 Å². The second-order valence-corrected chi connectivity index (χ2v) is 4.72. The van der Waals surface area contributed by atoms with Gasteiger partial charge in [-0.2, -0.15) is 0 Å². The predicted octanol–water partition coefficient (Wildman–Crippen LogP) is 2.87. The first-order valence-corrected chi connectivity index (χ1v) is 6.15. The number of methoxy groups -OCH3 is 1. The Hall–Kier alpha value is -1.74. The summed E-state index contributed by atoms with van der Waals surface area (Å²) in [6, 6.07) is 8.37. The van der Waals surface area contributed by atoms with E-state index < -0.39 is 0 Å². The van der Waals surface area contributed by atoms with E-state index >= 15 is 0 Å². The SMILES string of the molecule is COc1ccc(C)cc1Cn1ccc(C(C)N)c1. The zero-order valence-corrected chi connectivity index (χ0v) is 11.2. The highest BCUT2D eigenvalue weighted by atomic mass is 16.5. The van der Waals surface area contributed by atoms with Crippen molar-refractivity contribution < 1.29 is 4.74 Å². The summed E-state index contributed by atoms with van der Waals surface area (Å²) in [5.74, 6) is 0.927. The van der Waals surface area contributed by atoms with E-state index in [1.165, 1.54) is 11.1 Å². The van der Waals surface area contributed by atoms with Crippen molar-refractivity contribution in [3.8, 4) is 5.75 Å². The lowest BCUT2D eigenvalue weighted by atomic mass is 10.1. The molecule has 3 nitrogen and oxygen atoms in total. The Kier molecular flexibility index (Phi) is 3.72. The first kappa shape index (κ1) is 12.7. The van der Waals surface area contributed by atoms with E-state index in [9.17, 15) is 0 Å². The van der Waals surface area contributed by atoms with Crippen LogP contribution in [0.4, 0.5) is 0 Å². The fourth-order valence-corrected chi connectivity index (χ4v) is 2.05. The number of benzene rings is 1. The van der Waals surface area contributed by atoms with Gasteiger partial charge in [0, 0.05) is 24.0 Å². The van der Waals surface area contributed by atoms with Crippen molar-refractivity contribution in [2.45, 2.75) is 26.4 Å². The van der Waals surface area contributed by atoms with Crippen LogP contribution >= 0.6 is 0 Å². The van der Waals surface area contributed by atoms with Gasteiger partial charge in [0.15, 0.2) is 0 Å². The van der Waals surface area contributed by atoms with Crippen molar-refractivity contribution >= 4 is 0 Å². The van der Waals surface area contributed by atoms with Crippen molar-refractivity contribution in [2.24, 2.45) is 5.73 Å². The third-order valence-electron chi connectivity index (χ3n) is 3.09. The molecule has 1 heterocycles. The lowest BCUT2D eigenvalue weighted by Crippen LogP contribution is -2.04. The summed E-state index contributed by atoms with van der Waals surface area (Å²) in [4.78, 5) is 0. The highest BCUT2D eigenvalue weighted by Crippen LogP contribution is 2.21. The summed E-state index contributed by atoms with van der Waals surface area (Å²) in [7, 11) is 1.71. The zero-order valence-electron chi connectivity index (χ0n) is 11.2. The number of rotatable bonds is 4. The smallest absolute Gasteiger partial charge is 0.123 e. The lowest BCUT2D eigenvalue weighted by Gasteiger charge is -2.10. The Morgan fingerprint density at radius 1 is 1.33 bits per heavy atom. The minimum absolute atomic E-state index is 0.0747. The van der Waals surface area contributed by atoms with Crippen molar-refractivity contribution in [1.29, 1.82) is 0 Å². The van der Waals surface area contributed by atoms with Crippen LogP contribution in [-0.4, -0.2) is 11.7 Å². The molecule has 1 atom stereocenters. The van der Waals surface area contributed by atoms with Crippen LogP contribution in [0.25, 0.3) is 0 Å². The molecule has 0 bridgehead atoms. The normalized spacial score (nSPS) is 12.4. The van der Waals surface area contributed by atoms with Gasteiger partial charge in [-0.1, -0.05) is 17.7 Å². The number of hydrogen-bond acceptors (Lipinski definition) is 2. The quantitative estimate of drug-likeness (QED) is 0.898. The molecule has 1 unspecified atom stereocenters. The van der Waals surface area contributed by atoms with Crippen molar-refractivity contribution in [3.63, 3.8) is 0 Å². The van der Waals surface area contributed by atoms with Gasteiger partial charge < -0.3 is 15.0 Å². The molecule has 0 spiro atoms. The molecule has 3 heteroatoms. The Morgan fingerprint density at radius 2 is 2.11 bits per heavy atom. The topological polar surface area (TPSA) is 40.2 Å². The van der Waals surface area contributed by atoms with E-state index in [0.717, 1.165) is 17.9 Å². The Morgan fingerprint density at radius 3 is 2.72 bits per heavy atom. The van der Waals surface area contributed by atoms with E-state index in [1.54, 1.807) is 7.11 Å². The van der Waals surface area contributed by atoms with Crippen LogP contribution < -0.4 is 10.5 Å². The Labute approximate surface area is 108 Å². The second-order valence-electron chi connectivity index (χ2n) is 4.72. The predicted molar refractivity (Wildman–Crippen MR) is 73.9 cm³/mol. The van der Waals surface area contributed by atoms with E-state index in [1.807, 2.05) is 13.0 Å². The molecule has 0 amide bonds. The second kappa shape index (κ2) is 5.27. The molecule has 2 N–H and O–H groups in total. The van der Waals surface area contributed by atoms with E-state index in [0.29, 0.717) is 0 Å². The van der Waals surface area contributed by atoms with Gasteiger partial charge in [0.1, 0.15) is 5.75 Å². The van der Waals surface area contributed by atoms with Crippen LogP contribution in [0, 0.1) is 6.92 Å². The number of hydrogen-bond donors (Lipinski definition) is 1. The maximum Gasteiger partial charge on any atom is 0.123 e. The van der Waals surface area contributed by atoms with Gasteiger partial charge in [0.25, 0.3) is 0 Å². The number of nitrogens with two attached hydrogens (primary N) is 1. The molecule has 96 valence electrons. The van der Waals surface area contributed by atoms with Crippen molar-refractivity contribution in [2.75, 3.05) is 7.11 Å². The average molecular weight is 244 g/mol. The van der Waals surface area contributed by atoms with E-state index in [4.69, 9.17) is 10.5 Å². The first-order chi connectivity index (χ1) is 8.60. The molecule has 0 aliphatic heterocycles. The molecule has 18 heavy (non-hydrogen) atoms. The van der Waals surface area contributed by atoms with Crippen LogP contribution in [0.15, 0.2) is 36.7 Å². The summed E-state index contributed by atoms with van der Waals surface area (Å²) in [5.41, 5.74) is 9.44. The molecule has 0 aliphatic rings. The minimum atomic E-state index is 0.0747. The fraction of sp³-hybridized carbons (Fsp3) is 0.333. The van der Waals surface area contributed by atoms with E-state index in [2.05, 4.69) is 42.1 Å². The number of aromatic nitrogens is 1. The summed E-state index contributed by atoms with van der Waals surface area (Å²) in [6.07, 6.45) is 4.15. The summed E-state index contributed by atoms with van der Waals surface area (Å²) < 4.78 is 7.52. The van der Waals surface area contributed by atoms with Gasteiger partial charge in [-0.3, -0.25) is 0 Å². The van der Waals surface area contributed by atoms with Gasteiger partial charge in [-0.05, 0) is 31.5 Å². The van der Waals surface area contributed by atoms with Crippen molar-refractivity contribution in [3.05, 3.63) is 53.3 Å². The van der Waals surface area contributed by atoms with Gasteiger partial charge in [-0.25, -0.2) is 0 Å². The highest BCUT2D eigenvalue weighted by Gasteiger charge is 2.06. The highest BCUT2D eigenvalue weighted by molar-refractivity contribution is 5.37. The van der Waals surface area contributed by atoms with Crippen LogP contribution in [0.3, 0.4) is 0 Å². The van der Waals surface area contributed by atoms with Gasteiger partial charge >= 0.3 is 0 Å². The zero-order chi connectivity index (χ0) is 13.1. The van der Waals surface area contributed by atoms with Crippen molar-refractivity contribution in [1.82, 2.24) is 4.57 Å². The Balaban J connectivity index is 2.24.